The van der Waals surface area contributed by atoms with Gasteiger partial charge in [0.05, 0.1) is 6.04 Å². The van der Waals surface area contributed by atoms with Crippen LogP contribution in [-0.4, -0.2) is 15.3 Å². The number of benzene rings is 1. The lowest BCUT2D eigenvalue weighted by atomic mass is 10.1. The van der Waals surface area contributed by atoms with E-state index in [9.17, 15) is 4.55 Å². The van der Waals surface area contributed by atoms with Crippen LogP contribution >= 0.6 is 15.9 Å². The minimum absolute atomic E-state index is 0.198. The molecule has 0 bridgehead atoms. The van der Waals surface area contributed by atoms with Crippen LogP contribution in [0.2, 0.25) is 0 Å². The lowest BCUT2D eigenvalue weighted by Crippen LogP contribution is -2.44. The average Bonchev–Trinajstić information content (AvgIpc) is 2.15. The Kier molecular flexibility index (Phi) is 5.51. The van der Waals surface area contributed by atoms with Crippen LogP contribution in [0.25, 0.3) is 0 Å². The van der Waals surface area contributed by atoms with Crippen molar-refractivity contribution in [1.29, 1.82) is 0 Å². The Labute approximate surface area is 116 Å². The zero-order valence-corrected chi connectivity index (χ0v) is 13.2. The summed E-state index contributed by atoms with van der Waals surface area (Å²) in [6.07, 6.45) is 0.876. The first-order valence-corrected chi connectivity index (χ1v) is 7.66. The van der Waals surface area contributed by atoms with Crippen LogP contribution < -0.4 is 4.72 Å². The first-order chi connectivity index (χ1) is 7.79. The topological polar surface area (TPSA) is 35.1 Å². The lowest BCUT2D eigenvalue weighted by molar-refractivity contribution is 0.526. The Morgan fingerprint density at radius 2 is 2.06 bits per heavy atom. The molecule has 0 aliphatic carbocycles. The van der Waals surface area contributed by atoms with Crippen molar-refractivity contribution < 1.29 is 4.55 Å². The highest BCUT2D eigenvalue weighted by Gasteiger charge is 2.27. The smallest absolute Gasteiger partial charge is 0.136 e. The van der Waals surface area contributed by atoms with E-state index in [0.29, 0.717) is 0 Å². The van der Waals surface area contributed by atoms with Gasteiger partial charge in [0.1, 0.15) is 4.75 Å². The first kappa shape index (κ1) is 15.0. The van der Waals surface area contributed by atoms with E-state index in [2.05, 4.69) is 39.7 Å². The SMILES string of the molecule is C[C@H](Cc1cccc(Br)c1)N[S@+]([O-])C(C)(C)C. The molecule has 96 valence electrons. The Morgan fingerprint density at radius 3 is 2.59 bits per heavy atom. The Bertz CT molecular complexity index is 365. The number of nitrogens with one attached hydrogen (secondary N) is 1. The van der Waals surface area contributed by atoms with Gasteiger partial charge < -0.3 is 4.55 Å². The van der Waals surface area contributed by atoms with Crippen molar-refractivity contribution in [2.24, 2.45) is 0 Å². The van der Waals surface area contributed by atoms with Gasteiger partial charge in [0.2, 0.25) is 0 Å². The summed E-state index contributed by atoms with van der Waals surface area (Å²) in [5, 5.41) is 0. The van der Waals surface area contributed by atoms with Crippen molar-refractivity contribution in [1.82, 2.24) is 4.72 Å². The molecule has 1 aromatic rings. The highest BCUT2D eigenvalue weighted by molar-refractivity contribution is 9.10. The first-order valence-electron chi connectivity index (χ1n) is 5.71. The van der Waals surface area contributed by atoms with Crippen LogP contribution in [0.15, 0.2) is 28.7 Å². The second-order valence-electron chi connectivity index (χ2n) is 5.23. The van der Waals surface area contributed by atoms with Crippen molar-refractivity contribution >= 4 is 27.3 Å². The molecule has 1 aromatic carbocycles. The lowest BCUT2D eigenvalue weighted by Gasteiger charge is -2.26. The second-order valence-corrected chi connectivity index (χ2v) is 8.15. The summed E-state index contributed by atoms with van der Waals surface area (Å²) in [7, 11) is 0. The van der Waals surface area contributed by atoms with Crippen molar-refractivity contribution in [3.05, 3.63) is 34.3 Å². The van der Waals surface area contributed by atoms with Crippen LogP contribution in [0.5, 0.6) is 0 Å². The van der Waals surface area contributed by atoms with Crippen LogP contribution in [0, 0.1) is 0 Å². The van der Waals surface area contributed by atoms with Crippen LogP contribution in [0.3, 0.4) is 0 Å². The Morgan fingerprint density at radius 1 is 1.41 bits per heavy atom. The number of hydrogen-bond donors (Lipinski definition) is 1. The van der Waals surface area contributed by atoms with Crippen LogP contribution in [0.1, 0.15) is 33.3 Å². The molecular weight excluding hydrogens is 298 g/mol. The third-order valence-corrected chi connectivity index (χ3v) is 4.52. The summed E-state index contributed by atoms with van der Waals surface area (Å²) in [5.74, 6) is 0. The summed E-state index contributed by atoms with van der Waals surface area (Å²) >= 11 is 2.45. The number of rotatable bonds is 4. The maximum Gasteiger partial charge on any atom is 0.136 e. The Balaban J connectivity index is 2.53. The molecule has 0 radical (unpaired) electrons. The fourth-order valence-corrected chi connectivity index (χ4v) is 2.67. The van der Waals surface area contributed by atoms with Gasteiger partial charge in [-0.1, -0.05) is 28.1 Å². The largest absolute Gasteiger partial charge is 0.598 e. The maximum atomic E-state index is 11.9. The van der Waals surface area contributed by atoms with Gasteiger partial charge >= 0.3 is 0 Å². The van der Waals surface area contributed by atoms with Crippen molar-refractivity contribution in [2.45, 2.75) is 44.9 Å². The summed E-state index contributed by atoms with van der Waals surface area (Å²) in [6, 6.07) is 8.41. The van der Waals surface area contributed by atoms with E-state index >= 15 is 0 Å². The van der Waals surface area contributed by atoms with Crippen LogP contribution in [0.4, 0.5) is 0 Å². The molecule has 1 rings (SSSR count). The van der Waals surface area contributed by atoms with E-state index in [-0.39, 0.29) is 10.8 Å². The summed E-state index contributed by atoms with van der Waals surface area (Å²) < 4.78 is 15.9. The molecule has 0 spiro atoms. The van der Waals surface area contributed by atoms with E-state index in [1.165, 1.54) is 5.56 Å². The molecule has 0 unspecified atom stereocenters. The molecule has 2 nitrogen and oxygen atoms in total. The van der Waals surface area contributed by atoms with Crippen molar-refractivity contribution in [3.8, 4) is 0 Å². The highest BCUT2D eigenvalue weighted by Crippen LogP contribution is 2.16. The molecule has 4 heteroatoms. The van der Waals surface area contributed by atoms with E-state index in [4.69, 9.17) is 0 Å². The van der Waals surface area contributed by atoms with Gasteiger partial charge in [-0.3, -0.25) is 0 Å². The van der Waals surface area contributed by atoms with Crippen molar-refractivity contribution in [2.75, 3.05) is 0 Å². The number of hydrogen-bond acceptors (Lipinski definition) is 2. The minimum Gasteiger partial charge on any atom is -0.598 e. The van der Waals surface area contributed by atoms with Gasteiger partial charge in [-0.15, -0.1) is 4.72 Å². The van der Waals surface area contributed by atoms with Crippen LogP contribution in [-0.2, 0) is 17.8 Å². The van der Waals surface area contributed by atoms with Gasteiger partial charge in [0.25, 0.3) is 0 Å². The zero-order chi connectivity index (χ0) is 13.1. The molecule has 0 saturated heterocycles. The van der Waals surface area contributed by atoms with Crippen molar-refractivity contribution in [3.63, 3.8) is 0 Å². The molecule has 17 heavy (non-hydrogen) atoms. The minimum atomic E-state index is -1.01. The van der Waals surface area contributed by atoms with Gasteiger partial charge in [-0.2, -0.15) is 0 Å². The third-order valence-electron chi connectivity index (χ3n) is 2.30. The molecule has 0 aromatic heterocycles. The predicted molar refractivity (Wildman–Crippen MR) is 78.3 cm³/mol. The zero-order valence-electron chi connectivity index (χ0n) is 10.8. The summed E-state index contributed by atoms with van der Waals surface area (Å²) in [6.45, 7) is 7.98. The molecule has 0 amide bonds. The second kappa shape index (κ2) is 6.23. The average molecular weight is 318 g/mol. The molecule has 2 atom stereocenters. The van der Waals surface area contributed by atoms with Gasteiger partial charge in [-0.25, -0.2) is 0 Å². The number of halogens is 1. The molecule has 1 N–H and O–H groups in total. The molecule has 0 fully saturated rings. The molecule has 0 aliphatic heterocycles. The molecule has 0 saturated carbocycles. The van der Waals surface area contributed by atoms with Gasteiger partial charge in [-0.05, 0) is 51.8 Å². The third kappa shape index (κ3) is 5.42. The van der Waals surface area contributed by atoms with E-state index in [0.717, 1.165) is 10.9 Å². The maximum absolute atomic E-state index is 11.9. The fraction of sp³-hybridized carbons (Fsp3) is 0.538. The quantitative estimate of drug-likeness (QED) is 0.863. The van der Waals surface area contributed by atoms with E-state index < -0.39 is 11.4 Å². The fourth-order valence-electron chi connectivity index (χ4n) is 1.42. The summed E-state index contributed by atoms with van der Waals surface area (Å²) in [5.41, 5.74) is 1.24. The van der Waals surface area contributed by atoms with E-state index in [1.807, 2.05) is 32.9 Å². The molecular formula is C13H20BrNOS. The van der Waals surface area contributed by atoms with Gasteiger partial charge in [0.15, 0.2) is 0 Å². The highest BCUT2D eigenvalue weighted by atomic mass is 79.9. The summed E-state index contributed by atoms with van der Waals surface area (Å²) in [4.78, 5) is 0. The van der Waals surface area contributed by atoms with Gasteiger partial charge in [0, 0.05) is 15.8 Å². The molecule has 0 aliphatic rings. The molecule has 0 heterocycles. The van der Waals surface area contributed by atoms with E-state index in [1.54, 1.807) is 0 Å². The normalized spacial score (nSPS) is 15.6. The standard InChI is InChI=1S/C13H20BrNOS/c1-10(15-17(16)13(2,3)4)8-11-6-5-7-12(14)9-11/h5-7,9-10,15H,8H2,1-4H3/t10-,17-/m1/s1. The predicted octanol–water partition coefficient (Wildman–Crippen LogP) is 3.43. The Hall–Kier alpha value is -0.0300. The monoisotopic (exact) mass is 317 g/mol.